The van der Waals surface area contributed by atoms with Gasteiger partial charge in [-0.2, -0.15) is 5.01 Å². The topological polar surface area (TPSA) is 74.3 Å². The van der Waals surface area contributed by atoms with E-state index in [0.29, 0.717) is 22.5 Å². The van der Waals surface area contributed by atoms with Crippen LogP contribution in [0.15, 0.2) is 84.2 Å². The Morgan fingerprint density at radius 2 is 1.62 bits per heavy atom. The fourth-order valence-electron chi connectivity index (χ4n) is 2.88. The average molecular weight is 447 g/mol. The minimum atomic E-state index is -0.573. The maximum Gasteiger partial charge on any atom is 0.347 e. The number of amides is 3. The maximum atomic E-state index is 13.3. The van der Waals surface area contributed by atoms with Gasteiger partial charge in [-0.25, -0.2) is 14.2 Å². The third kappa shape index (κ3) is 4.98. The first-order chi connectivity index (χ1) is 15.5. The van der Waals surface area contributed by atoms with Crippen molar-refractivity contribution in [3.8, 4) is 11.3 Å². The standard InChI is InChI=1S/C24H19FN4O2S/c1-16-7-9-18(10-8-16)22(30)28-29(23(31)26-20-5-3-2-4-6-20)24-27-21(15-32-24)17-11-13-19(25)14-12-17/h2-15H,1H3,(H,26,31)(H,28,30). The van der Waals surface area contributed by atoms with Crippen molar-refractivity contribution in [3.63, 3.8) is 0 Å². The number of carbonyl (C=O) groups is 2. The first-order valence-corrected chi connectivity index (χ1v) is 10.6. The number of thiazole rings is 1. The zero-order chi connectivity index (χ0) is 22.5. The summed E-state index contributed by atoms with van der Waals surface area (Å²) in [4.78, 5) is 30.3. The third-order valence-corrected chi connectivity index (χ3v) is 5.40. The zero-order valence-corrected chi connectivity index (χ0v) is 17.9. The smallest absolute Gasteiger partial charge is 0.306 e. The van der Waals surface area contributed by atoms with Crippen molar-refractivity contribution in [2.75, 3.05) is 10.3 Å². The Labute approximate surface area is 188 Å². The number of hydrazine groups is 1. The predicted molar refractivity (Wildman–Crippen MR) is 124 cm³/mol. The van der Waals surface area contributed by atoms with Gasteiger partial charge in [-0.1, -0.05) is 35.9 Å². The normalized spacial score (nSPS) is 10.4. The van der Waals surface area contributed by atoms with Crippen LogP contribution in [0.1, 0.15) is 15.9 Å². The Hall–Kier alpha value is -4.04. The van der Waals surface area contributed by atoms with Gasteiger partial charge in [-0.15, -0.1) is 11.3 Å². The molecule has 0 aliphatic rings. The second-order valence-electron chi connectivity index (χ2n) is 6.96. The number of aromatic nitrogens is 1. The van der Waals surface area contributed by atoms with Crippen LogP contribution in [0.3, 0.4) is 0 Å². The van der Waals surface area contributed by atoms with E-state index in [2.05, 4.69) is 15.7 Å². The number of urea groups is 1. The van der Waals surface area contributed by atoms with Gasteiger partial charge in [-0.05, 0) is 55.5 Å². The fraction of sp³-hybridized carbons (Fsp3) is 0.0417. The molecule has 0 bridgehead atoms. The average Bonchev–Trinajstić information content (AvgIpc) is 3.28. The fourth-order valence-corrected chi connectivity index (χ4v) is 3.67. The molecule has 0 atom stereocenters. The summed E-state index contributed by atoms with van der Waals surface area (Å²) in [7, 11) is 0. The highest BCUT2D eigenvalue weighted by Crippen LogP contribution is 2.27. The zero-order valence-electron chi connectivity index (χ0n) is 17.1. The van der Waals surface area contributed by atoms with Crippen LogP contribution in [0.2, 0.25) is 0 Å². The summed E-state index contributed by atoms with van der Waals surface area (Å²) in [5.74, 6) is -0.801. The van der Waals surface area contributed by atoms with Crippen molar-refractivity contribution in [2.24, 2.45) is 0 Å². The van der Waals surface area contributed by atoms with E-state index in [1.165, 1.54) is 23.5 Å². The third-order valence-electron chi connectivity index (χ3n) is 4.58. The number of benzene rings is 3. The van der Waals surface area contributed by atoms with E-state index >= 15 is 0 Å². The summed E-state index contributed by atoms with van der Waals surface area (Å²) in [6, 6.07) is 21.2. The SMILES string of the molecule is Cc1ccc(C(=O)NN(C(=O)Nc2ccccc2)c2nc(-c3ccc(F)cc3)cs2)cc1. The molecule has 1 heterocycles. The van der Waals surface area contributed by atoms with Crippen LogP contribution in [-0.4, -0.2) is 16.9 Å². The number of nitrogens with one attached hydrogen (secondary N) is 2. The summed E-state index contributed by atoms with van der Waals surface area (Å²) >= 11 is 1.18. The van der Waals surface area contributed by atoms with E-state index in [1.807, 2.05) is 25.1 Å². The van der Waals surface area contributed by atoms with Crippen molar-refractivity contribution in [1.29, 1.82) is 0 Å². The summed E-state index contributed by atoms with van der Waals surface area (Å²) < 4.78 is 13.3. The first kappa shape index (κ1) is 21.2. The molecule has 0 radical (unpaired) electrons. The Bertz CT molecular complexity index is 1230. The summed E-state index contributed by atoms with van der Waals surface area (Å²) in [6.07, 6.45) is 0. The molecular weight excluding hydrogens is 427 g/mol. The second-order valence-corrected chi connectivity index (χ2v) is 7.80. The second kappa shape index (κ2) is 9.40. The summed E-state index contributed by atoms with van der Waals surface area (Å²) in [6.45, 7) is 1.92. The first-order valence-electron chi connectivity index (χ1n) is 9.75. The summed E-state index contributed by atoms with van der Waals surface area (Å²) in [5.41, 5.74) is 5.89. The van der Waals surface area contributed by atoms with Crippen LogP contribution >= 0.6 is 11.3 Å². The van der Waals surface area contributed by atoms with E-state index in [1.54, 1.807) is 53.9 Å². The minimum absolute atomic E-state index is 0.262. The van der Waals surface area contributed by atoms with Gasteiger partial charge in [0.25, 0.3) is 5.91 Å². The molecule has 4 aromatic rings. The number of anilines is 2. The quantitative estimate of drug-likeness (QED) is 0.398. The Balaban J connectivity index is 1.62. The number of halogens is 1. The van der Waals surface area contributed by atoms with Gasteiger partial charge >= 0.3 is 6.03 Å². The van der Waals surface area contributed by atoms with Gasteiger partial charge in [0.2, 0.25) is 5.13 Å². The largest absolute Gasteiger partial charge is 0.347 e. The molecule has 0 saturated carbocycles. The highest BCUT2D eigenvalue weighted by atomic mass is 32.1. The lowest BCUT2D eigenvalue weighted by Crippen LogP contribution is -2.48. The molecule has 0 saturated heterocycles. The Morgan fingerprint density at radius 1 is 0.938 bits per heavy atom. The van der Waals surface area contributed by atoms with E-state index in [-0.39, 0.29) is 10.9 Å². The number of carbonyl (C=O) groups excluding carboxylic acids is 2. The van der Waals surface area contributed by atoms with Crippen molar-refractivity contribution in [2.45, 2.75) is 6.92 Å². The molecule has 3 aromatic carbocycles. The van der Waals surface area contributed by atoms with Crippen LogP contribution in [0.25, 0.3) is 11.3 Å². The molecule has 0 unspecified atom stereocenters. The van der Waals surface area contributed by atoms with Gasteiger partial charge < -0.3 is 5.32 Å². The van der Waals surface area contributed by atoms with Crippen molar-refractivity contribution >= 4 is 34.1 Å². The highest BCUT2D eigenvalue weighted by molar-refractivity contribution is 7.14. The lowest BCUT2D eigenvalue weighted by molar-refractivity contribution is 0.0951. The molecule has 0 fully saturated rings. The van der Waals surface area contributed by atoms with Crippen LogP contribution in [0, 0.1) is 12.7 Å². The van der Waals surface area contributed by atoms with Gasteiger partial charge in [0.05, 0.1) is 5.69 Å². The molecule has 3 amide bonds. The number of rotatable bonds is 4. The minimum Gasteiger partial charge on any atom is -0.306 e. The Kier molecular flexibility index (Phi) is 6.23. The molecule has 6 nitrogen and oxygen atoms in total. The lowest BCUT2D eigenvalue weighted by atomic mass is 10.1. The molecule has 4 rings (SSSR count). The number of nitrogens with zero attached hydrogens (tertiary/aromatic N) is 2. The van der Waals surface area contributed by atoms with E-state index < -0.39 is 11.9 Å². The van der Waals surface area contributed by atoms with Gasteiger partial charge in [-0.3, -0.25) is 10.2 Å². The molecule has 0 spiro atoms. The van der Waals surface area contributed by atoms with E-state index in [4.69, 9.17) is 0 Å². The van der Waals surface area contributed by atoms with Crippen molar-refractivity contribution in [3.05, 3.63) is 101 Å². The number of hydrogen-bond donors (Lipinski definition) is 2. The molecule has 1 aromatic heterocycles. The number of aryl methyl sites for hydroxylation is 1. The molecule has 0 aliphatic heterocycles. The van der Waals surface area contributed by atoms with Crippen molar-refractivity contribution < 1.29 is 14.0 Å². The monoisotopic (exact) mass is 446 g/mol. The van der Waals surface area contributed by atoms with E-state index in [0.717, 1.165) is 10.6 Å². The number of para-hydroxylation sites is 1. The molecule has 2 N–H and O–H groups in total. The van der Waals surface area contributed by atoms with Crippen LogP contribution in [0.4, 0.5) is 20.0 Å². The van der Waals surface area contributed by atoms with Gasteiger partial charge in [0.15, 0.2) is 0 Å². The molecule has 0 aliphatic carbocycles. The Morgan fingerprint density at radius 3 is 2.31 bits per heavy atom. The lowest BCUT2D eigenvalue weighted by Gasteiger charge is -2.21. The molecule has 160 valence electrons. The van der Waals surface area contributed by atoms with Crippen LogP contribution in [0.5, 0.6) is 0 Å². The molecule has 8 heteroatoms. The highest BCUT2D eigenvalue weighted by Gasteiger charge is 2.23. The predicted octanol–water partition coefficient (Wildman–Crippen LogP) is 5.64. The van der Waals surface area contributed by atoms with Crippen LogP contribution < -0.4 is 15.8 Å². The number of hydrogen-bond acceptors (Lipinski definition) is 4. The van der Waals surface area contributed by atoms with E-state index in [9.17, 15) is 14.0 Å². The van der Waals surface area contributed by atoms with Gasteiger partial charge in [0.1, 0.15) is 5.82 Å². The molecule has 32 heavy (non-hydrogen) atoms. The van der Waals surface area contributed by atoms with Crippen molar-refractivity contribution in [1.82, 2.24) is 10.4 Å². The summed E-state index contributed by atoms with van der Waals surface area (Å²) in [5, 5.41) is 5.83. The van der Waals surface area contributed by atoms with Crippen LogP contribution in [-0.2, 0) is 0 Å². The molecular formula is C24H19FN4O2S. The van der Waals surface area contributed by atoms with Gasteiger partial charge in [0, 0.05) is 22.2 Å². The maximum absolute atomic E-state index is 13.3.